The largest absolute Gasteiger partial charge is 0.454 e. The molecule has 5 aromatic carbocycles. The van der Waals surface area contributed by atoms with Crippen molar-refractivity contribution in [3.05, 3.63) is 156 Å². The van der Waals surface area contributed by atoms with Crippen LogP contribution in [-0.4, -0.2) is 6.04 Å². The second kappa shape index (κ2) is 9.53. The number of fused-ring (bicyclic) bond motifs is 5. The van der Waals surface area contributed by atoms with E-state index in [9.17, 15) is 0 Å². The Labute approximate surface area is 247 Å². The van der Waals surface area contributed by atoms with Crippen molar-refractivity contribution in [2.24, 2.45) is 0 Å². The maximum Gasteiger partial charge on any atom is 0.178 e. The SMILES string of the molecule is CC1(C)c2ccccc2-c2c1ccc1c2OC2=C(CC(N(c3ccccc3)c3ccc(-c4ccccc4)cc3)C=C2)O1. The highest BCUT2D eigenvalue weighted by Gasteiger charge is 2.40. The van der Waals surface area contributed by atoms with Crippen LogP contribution in [-0.2, 0) is 5.41 Å². The Bertz CT molecular complexity index is 1870. The lowest BCUT2D eigenvalue weighted by Crippen LogP contribution is -2.33. The Balaban J connectivity index is 1.13. The standard InChI is InChI=1S/C39H31NO2/c1-39(2)32-16-10-9-15-31(32)37-33(39)22-24-35-38(37)42-34-23-21-30(25-36(34)41-35)40(28-13-7-4-8-14-28)29-19-17-27(18-20-29)26-11-5-3-6-12-26/h3-24,30H,25H2,1-2H3. The number of para-hydroxylation sites is 1. The molecule has 3 aliphatic rings. The van der Waals surface area contributed by atoms with Crippen molar-refractivity contribution in [1.29, 1.82) is 0 Å². The van der Waals surface area contributed by atoms with E-state index in [4.69, 9.17) is 9.47 Å². The first-order valence-corrected chi connectivity index (χ1v) is 14.6. The summed E-state index contributed by atoms with van der Waals surface area (Å²) in [4.78, 5) is 2.38. The van der Waals surface area contributed by atoms with E-state index in [1.165, 1.54) is 27.8 Å². The average Bonchev–Trinajstić information content (AvgIpc) is 3.28. The average molecular weight is 546 g/mol. The monoisotopic (exact) mass is 545 g/mol. The molecule has 0 N–H and O–H groups in total. The van der Waals surface area contributed by atoms with Crippen LogP contribution in [0, 0.1) is 0 Å². The topological polar surface area (TPSA) is 21.7 Å². The summed E-state index contributed by atoms with van der Waals surface area (Å²) in [6, 6.07) is 42.9. The normalized spacial score (nSPS) is 17.3. The van der Waals surface area contributed by atoms with E-state index in [-0.39, 0.29) is 11.5 Å². The Kier molecular flexibility index (Phi) is 5.61. The number of ether oxygens (including phenoxy) is 2. The fraction of sp³-hybridized carbons (Fsp3) is 0.128. The second-order valence-corrected chi connectivity index (χ2v) is 11.7. The van der Waals surface area contributed by atoms with Gasteiger partial charge in [0.1, 0.15) is 5.76 Å². The molecule has 3 heteroatoms. The number of nitrogens with zero attached hydrogens (tertiary/aromatic N) is 1. The van der Waals surface area contributed by atoms with E-state index < -0.39 is 0 Å². The van der Waals surface area contributed by atoms with Gasteiger partial charge >= 0.3 is 0 Å². The lowest BCUT2D eigenvalue weighted by atomic mass is 9.82. The summed E-state index contributed by atoms with van der Waals surface area (Å²) in [6.45, 7) is 4.57. The van der Waals surface area contributed by atoms with Gasteiger partial charge in [0.05, 0.1) is 6.04 Å². The molecule has 5 aromatic rings. The van der Waals surface area contributed by atoms with Crippen LogP contribution in [0.5, 0.6) is 11.5 Å². The maximum atomic E-state index is 6.68. The fourth-order valence-corrected chi connectivity index (χ4v) is 6.74. The third-order valence-electron chi connectivity index (χ3n) is 8.87. The van der Waals surface area contributed by atoms with Gasteiger partial charge in [-0.2, -0.15) is 0 Å². The minimum absolute atomic E-state index is 0.0629. The number of anilines is 2. The van der Waals surface area contributed by atoms with Crippen LogP contribution >= 0.6 is 0 Å². The molecule has 0 spiro atoms. The van der Waals surface area contributed by atoms with Crippen molar-refractivity contribution >= 4 is 11.4 Å². The van der Waals surface area contributed by atoms with Gasteiger partial charge in [0, 0.05) is 28.8 Å². The van der Waals surface area contributed by atoms with Crippen molar-refractivity contribution in [1.82, 2.24) is 0 Å². The molecule has 0 bridgehead atoms. The van der Waals surface area contributed by atoms with Crippen molar-refractivity contribution in [3.8, 4) is 33.8 Å². The number of rotatable bonds is 4. The summed E-state index contributed by atoms with van der Waals surface area (Å²) in [7, 11) is 0. The van der Waals surface area contributed by atoms with Crippen molar-refractivity contribution in [2.45, 2.75) is 31.7 Å². The zero-order chi connectivity index (χ0) is 28.3. The molecule has 1 aliphatic heterocycles. The Morgan fingerprint density at radius 1 is 0.643 bits per heavy atom. The smallest absolute Gasteiger partial charge is 0.178 e. The predicted molar refractivity (Wildman–Crippen MR) is 170 cm³/mol. The van der Waals surface area contributed by atoms with Crippen LogP contribution in [0.1, 0.15) is 31.4 Å². The van der Waals surface area contributed by atoms with Gasteiger partial charge < -0.3 is 14.4 Å². The van der Waals surface area contributed by atoms with Gasteiger partial charge in [-0.1, -0.05) is 111 Å². The van der Waals surface area contributed by atoms with Crippen LogP contribution in [0.3, 0.4) is 0 Å². The number of hydrogen-bond acceptors (Lipinski definition) is 3. The molecule has 0 saturated carbocycles. The van der Waals surface area contributed by atoms with Gasteiger partial charge in [0.25, 0.3) is 0 Å². The van der Waals surface area contributed by atoms with Crippen LogP contribution in [0.4, 0.5) is 11.4 Å². The minimum Gasteiger partial charge on any atom is -0.454 e. The van der Waals surface area contributed by atoms with Gasteiger partial charge in [0.2, 0.25) is 0 Å². The first kappa shape index (κ1) is 24.8. The fourth-order valence-electron chi connectivity index (χ4n) is 6.74. The van der Waals surface area contributed by atoms with E-state index in [0.717, 1.165) is 40.0 Å². The van der Waals surface area contributed by atoms with Crippen LogP contribution < -0.4 is 14.4 Å². The van der Waals surface area contributed by atoms with Gasteiger partial charge in [-0.05, 0) is 64.2 Å². The first-order chi connectivity index (χ1) is 20.6. The number of allylic oxidation sites excluding steroid dienone is 1. The van der Waals surface area contributed by atoms with E-state index in [1.807, 2.05) is 0 Å². The molecule has 8 rings (SSSR count). The third-order valence-corrected chi connectivity index (χ3v) is 8.87. The van der Waals surface area contributed by atoms with E-state index in [2.05, 4.69) is 152 Å². The lowest BCUT2D eigenvalue weighted by molar-refractivity contribution is 0.286. The zero-order valence-corrected chi connectivity index (χ0v) is 23.7. The molecule has 3 nitrogen and oxygen atoms in total. The van der Waals surface area contributed by atoms with Gasteiger partial charge in [-0.15, -0.1) is 0 Å². The summed E-state index contributed by atoms with van der Waals surface area (Å²) in [5.74, 6) is 3.26. The number of hydrogen-bond donors (Lipinski definition) is 0. The molecule has 42 heavy (non-hydrogen) atoms. The van der Waals surface area contributed by atoms with Crippen LogP contribution in [0.2, 0.25) is 0 Å². The zero-order valence-electron chi connectivity index (χ0n) is 23.7. The quantitative estimate of drug-likeness (QED) is 0.224. The van der Waals surface area contributed by atoms with Gasteiger partial charge in [-0.25, -0.2) is 0 Å². The first-order valence-electron chi connectivity index (χ1n) is 14.6. The van der Waals surface area contributed by atoms with Crippen LogP contribution in [0.25, 0.3) is 22.3 Å². The molecule has 2 aliphatic carbocycles. The van der Waals surface area contributed by atoms with E-state index in [1.54, 1.807) is 0 Å². The lowest BCUT2D eigenvalue weighted by Gasteiger charge is -2.36. The third kappa shape index (κ3) is 3.88. The van der Waals surface area contributed by atoms with Crippen LogP contribution in [0.15, 0.2) is 145 Å². The molecule has 0 aromatic heterocycles. The summed E-state index contributed by atoms with van der Waals surface area (Å²) in [5.41, 5.74) is 9.59. The van der Waals surface area contributed by atoms with Gasteiger partial charge in [0.15, 0.2) is 17.3 Å². The second-order valence-electron chi connectivity index (χ2n) is 11.7. The summed E-state index contributed by atoms with van der Waals surface area (Å²) in [6.07, 6.45) is 5.03. The van der Waals surface area contributed by atoms with Gasteiger partial charge in [-0.3, -0.25) is 0 Å². The van der Waals surface area contributed by atoms with Crippen molar-refractivity contribution < 1.29 is 9.47 Å². The molecule has 204 valence electrons. The molecule has 0 amide bonds. The molecule has 1 atom stereocenters. The highest BCUT2D eigenvalue weighted by Crippen LogP contribution is 2.56. The molecular weight excluding hydrogens is 514 g/mol. The van der Waals surface area contributed by atoms with Crippen molar-refractivity contribution in [2.75, 3.05) is 4.90 Å². The highest BCUT2D eigenvalue weighted by atomic mass is 16.6. The van der Waals surface area contributed by atoms with Crippen molar-refractivity contribution in [3.63, 3.8) is 0 Å². The summed E-state index contributed by atoms with van der Waals surface area (Å²) in [5, 5.41) is 0. The minimum atomic E-state index is -0.0846. The van der Waals surface area contributed by atoms with E-state index in [0.29, 0.717) is 6.42 Å². The predicted octanol–water partition coefficient (Wildman–Crippen LogP) is 9.81. The Morgan fingerprint density at radius 3 is 2.10 bits per heavy atom. The van der Waals surface area contributed by atoms with E-state index >= 15 is 0 Å². The highest BCUT2D eigenvalue weighted by molar-refractivity contribution is 5.87. The molecular formula is C39H31NO2. The molecule has 1 unspecified atom stereocenters. The molecule has 0 saturated heterocycles. The summed E-state index contributed by atoms with van der Waals surface area (Å²) >= 11 is 0. The molecule has 0 radical (unpaired) electrons. The molecule has 0 fully saturated rings. The number of benzene rings is 5. The Hall–Kier alpha value is -5.02. The summed E-state index contributed by atoms with van der Waals surface area (Å²) < 4.78 is 13.3. The molecule has 1 heterocycles. The Morgan fingerprint density at radius 2 is 1.31 bits per heavy atom. The maximum absolute atomic E-state index is 6.68.